The molecule has 1 saturated heterocycles. The van der Waals surface area contributed by atoms with Crippen molar-refractivity contribution in [3.63, 3.8) is 0 Å². The number of hydrogen-bond acceptors (Lipinski definition) is 4. The Morgan fingerprint density at radius 3 is 2.54 bits per heavy atom. The van der Waals surface area contributed by atoms with Crippen LogP contribution in [0.25, 0.3) is 0 Å². The quantitative estimate of drug-likeness (QED) is 0.785. The van der Waals surface area contributed by atoms with Crippen molar-refractivity contribution < 1.29 is 14.3 Å². The summed E-state index contributed by atoms with van der Waals surface area (Å²) in [5.74, 6) is 0.971. The summed E-state index contributed by atoms with van der Waals surface area (Å²) in [6.45, 7) is 3.25. The van der Waals surface area contributed by atoms with Crippen LogP contribution in [0.4, 0.5) is 0 Å². The van der Waals surface area contributed by atoms with Crippen molar-refractivity contribution >= 4 is 27.7 Å². The first-order valence-electron chi connectivity index (χ1n) is 8.06. The second-order valence-corrected chi connectivity index (χ2v) is 6.65. The fourth-order valence-corrected chi connectivity index (χ4v) is 3.30. The van der Waals surface area contributed by atoms with Gasteiger partial charge in [-0.25, -0.2) is 0 Å². The minimum Gasteiger partial charge on any atom is -0.496 e. The van der Waals surface area contributed by atoms with Gasteiger partial charge >= 0.3 is 0 Å². The van der Waals surface area contributed by atoms with Crippen LogP contribution in [0.2, 0.25) is 0 Å². The maximum Gasteiger partial charge on any atom is 0.233 e. The maximum atomic E-state index is 12.4. The lowest BCUT2D eigenvalue weighted by Crippen LogP contribution is -2.50. The predicted molar refractivity (Wildman–Crippen MR) is 96.1 cm³/mol. The number of carbonyl (C=O) groups is 2. The van der Waals surface area contributed by atoms with Crippen molar-refractivity contribution in [3.8, 4) is 5.75 Å². The lowest BCUT2D eigenvalue weighted by molar-refractivity contribution is -0.133. The van der Waals surface area contributed by atoms with Gasteiger partial charge in [0.25, 0.3) is 0 Å². The Balaban J connectivity index is 1.77. The summed E-state index contributed by atoms with van der Waals surface area (Å²) in [4.78, 5) is 27.7. The largest absolute Gasteiger partial charge is 0.496 e. The molecule has 0 aromatic heterocycles. The van der Waals surface area contributed by atoms with E-state index < -0.39 is 0 Å². The summed E-state index contributed by atoms with van der Waals surface area (Å²) in [6, 6.07) is 5.88. The molecule has 1 aliphatic rings. The van der Waals surface area contributed by atoms with Crippen LogP contribution in [0.5, 0.6) is 5.75 Å². The SMILES string of the molecule is CNC(=O)CN1CCN(C(=O)CCc2ccc(OC)c(Br)c2)CC1. The Morgan fingerprint density at radius 2 is 1.96 bits per heavy atom. The van der Waals surface area contributed by atoms with Gasteiger partial charge in [0.05, 0.1) is 18.1 Å². The molecule has 2 amide bonds. The standard InChI is InChI=1S/C17H24BrN3O3/c1-19-16(22)12-20-7-9-21(10-8-20)17(23)6-4-13-3-5-15(24-2)14(18)11-13/h3,5,11H,4,6-10,12H2,1-2H3,(H,19,22). The van der Waals surface area contributed by atoms with Gasteiger partial charge in [0.15, 0.2) is 0 Å². The Morgan fingerprint density at radius 1 is 1.25 bits per heavy atom. The fourth-order valence-electron chi connectivity index (χ4n) is 2.71. The number of nitrogens with one attached hydrogen (secondary N) is 1. The van der Waals surface area contributed by atoms with E-state index in [0.29, 0.717) is 32.5 Å². The zero-order valence-corrected chi connectivity index (χ0v) is 15.8. The van der Waals surface area contributed by atoms with Crippen LogP contribution in [0.1, 0.15) is 12.0 Å². The number of aryl methyl sites for hydroxylation is 1. The predicted octanol–water partition coefficient (Wildman–Crippen LogP) is 1.28. The highest BCUT2D eigenvalue weighted by Crippen LogP contribution is 2.26. The molecule has 7 heteroatoms. The van der Waals surface area contributed by atoms with Gasteiger partial charge in [-0.1, -0.05) is 6.07 Å². The van der Waals surface area contributed by atoms with Gasteiger partial charge in [-0.15, -0.1) is 0 Å². The summed E-state index contributed by atoms with van der Waals surface area (Å²) in [7, 11) is 3.27. The highest BCUT2D eigenvalue weighted by atomic mass is 79.9. The van der Waals surface area contributed by atoms with Gasteiger partial charge in [-0.05, 0) is 40.0 Å². The molecule has 132 valence electrons. The first-order chi connectivity index (χ1) is 11.5. The van der Waals surface area contributed by atoms with E-state index in [4.69, 9.17) is 4.74 Å². The first kappa shape index (κ1) is 18.7. The Kier molecular flexibility index (Phi) is 7.05. The van der Waals surface area contributed by atoms with E-state index in [1.54, 1.807) is 14.2 Å². The van der Waals surface area contributed by atoms with Gasteiger partial charge in [0.2, 0.25) is 11.8 Å². The third-order valence-electron chi connectivity index (χ3n) is 4.21. The zero-order chi connectivity index (χ0) is 17.5. The molecule has 0 aliphatic carbocycles. The van der Waals surface area contributed by atoms with Gasteiger partial charge < -0.3 is 15.0 Å². The molecular weight excluding hydrogens is 374 g/mol. The molecule has 6 nitrogen and oxygen atoms in total. The molecule has 0 unspecified atom stereocenters. The van der Waals surface area contributed by atoms with Crippen LogP contribution < -0.4 is 10.1 Å². The van der Waals surface area contributed by atoms with Crippen LogP contribution in [0.3, 0.4) is 0 Å². The smallest absolute Gasteiger partial charge is 0.233 e. The molecule has 2 rings (SSSR count). The van der Waals surface area contributed by atoms with Crippen molar-refractivity contribution in [2.24, 2.45) is 0 Å². The van der Waals surface area contributed by atoms with E-state index in [9.17, 15) is 9.59 Å². The molecule has 0 spiro atoms. The van der Waals surface area contributed by atoms with Crippen LogP contribution in [0, 0.1) is 0 Å². The summed E-state index contributed by atoms with van der Waals surface area (Å²) in [6.07, 6.45) is 1.20. The highest BCUT2D eigenvalue weighted by molar-refractivity contribution is 9.10. The number of ether oxygens (including phenoxy) is 1. The lowest BCUT2D eigenvalue weighted by atomic mass is 10.1. The zero-order valence-electron chi connectivity index (χ0n) is 14.2. The minimum atomic E-state index is 0.0138. The summed E-state index contributed by atoms with van der Waals surface area (Å²) >= 11 is 3.46. The van der Waals surface area contributed by atoms with Crippen molar-refractivity contribution in [1.29, 1.82) is 0 Å². The van der Waals surface area contributed by atoms with Crippen LogP contribution >= 0.6 is 15.9 Å². The average Bonchev–Trinajstić information content (AvgIpc) is 2.60. The normalized spacial score (nSPS) is 15.2. The Hall–Kier alpha value is -1.60. The van der Waals surface area contributed by atoms with E-state index >= 15 is 0 Å². The number of benzene rings is 1. The second-order valence-electron chi connectivity index (χ2n) is 5.80. The molecular formula is C17H24BrN3O3. The van der Waals surface area contributed by atoms with Crippen LogP contribution in [0.15, 0.2) is 22.7 Å². The monoisotopic (exact) mass is 397 g/mol. The number of carbonyl (C=O) groups excluding carboxylic acids is 2. The Bertz CT molecular complexity index is 586. The molecule has 1 fully saturated rings. The molecule has 1 heterocycles. The number of hydrogen-bond donors (Lipinski definition) is 1. The van der Waals surface area contributed by atoms with Crippen molar-refractivity contribution in [1.82, 2.24) is 15.1 Å². The van der Waals surface area contributed by atoms with Gasteiger partial charge in [0.1, 0.15) is 5.75 Å². The third-order valence-corrected chi connectivity index (χ3v) is 4.83. The second kappa shape index (κ2) is 9.03. The highest BCUT2D eigenvalue weighted by Gasteiger charge is 2.21. The molecule has 0 atom stereocenters. The number of methoxy groups -OCH3 is 1. The molecule has 0 radical (unpaired) electrons. The number of nitrogens with zero attached hydrogens (tertiary/aromatic N) is 2. The van der Waals surface area contributed by atoms with Gasteiger partial charge in [-0.3, -0.25) is 14.5 Å². The first-order valence-corrected chi connectivity index (χ1v) is 8.86. The molecule has 1 aliphatic heterocycles. The Labute approximate surface area is 151 Å². The molecule has 1 aromatic carbocycles. The molecule has 0 saturated carbocycles. The molecule has 1 N–H and O–H groups in total. The third kappa shape index (κ3) is 5.21. The summed E-state index contributed by atoms with van der Waals surface area (Å²) in [5.41, 5.74) is 1.11. The van der Waals surface area contributed by atoms with E-state index in [1.807, 2.05) is 23.1 Å². The number of rotatable bonds is 6. The van der Waals surface area contributed by atoms with E-state index in [-0.39, 0.29) is 11.8 Å². The maximum absolute atomic E-state index is 12.4. The summed E-state index contributed by atoms with van der Waals surface area (Å²) < 4.78 is 6.11. The van der Waals surface area contributed by atoms with Crippen molar-refractivity contribution in [2.75, 3.05) is 46.9 Å². The summed E-state index contributed by atoms with van der Waals surface area (Å²) in [5, 5.41) is 2.62. The van der Waals surface area contributed by atoms with Crippen molar-refractivity contribution in [3.05, 3.63) is 28.2 Å². The number of amides is 2. The number of piperazine rings is 1. The topological polar surface area (TPSA) is 61.9 Å². The fraction of sp³-hybridized carbons (Fsp3) is 0.529. The van der Waals surface area contributed by atoms with E-state index in [0.717, 1.165) is 28.9 Å². The van der Waals surface area contributed by atoms with E-state index in [2.05, 4.69) is 26.1 Å². The van der Waals surface area contributed by atoms with Crippen LogP contribution in [-0.4, -0.2) is 68.5 Å². The molecule has 1 aromatic rings. The van der Waals surface area contributed by atoms with E-state index in [1.165, 1.54) is 0 Å². The van der Waals surface area contributed by atoms with Gasteiger partial charge in [-0.2, -0.15) is 0 Å². The minimum absolute atomic E-state index is 0.0138. The molecule has 0 bridgehead atoms. The average molecular weight is 398 g/mol. The molecule has 24 heavy (non-hydrogen) atoms. The van der Waals surface area contributed by atoms with Gasteiger partial charge in [0, 0.05) is 39.6 Å². The number of halogens is 1. The van der Waals surface area contributed by atoms with Crippen molar-refractivity contribution in [2.45, 2.75) is 12.8 Å². The lowest BCUT2D eigenvalue weighted by Gasteiger charge is -2.34. The van der Waals surface area contributed by atoms with Crippen LogP contribution in [-0.2, 0) is 16.0 Å². The number of likely N-dealkylation sites (N-methyl/N-ethyl adjacent to an activating group) is 1.